The number of hydrogen-bond donors (Lipinski definition) is 3. The van der Waals surface area contributed by atoms with Gasteiger partial charge in [0.05, 0.1) is 5.56 Å². The van der Waals surface area contributed by atoms with E-state index in [0.29, 0.717) is 24.9 Å². The summed E-state index contributed by atoms with van der Waals surface area (Å²) >= 11 is 1.66. The highest BCUT2D eigenvalue weighted by atomic mass is 32.1. The summed E-state index contributed by atoms with van der Waals surface area (Å²) in [4.78, 5) is 17.7. The number of aromatic amines is 1. The molecule has 2 atom stereocenters. The van der Waals surface area contributed by atoms with Crippen LogP contribution in [0, 0.1) is 12.8 Å². The van der Waals surface area contributed by atoms with Crippen molar-refractivity contribution < 1.29 is 9.18 Å². The third kappa shape index (κ3) is 3.48. The van der Waals surface area contributed by atoms with E-state index in [-0.39, 0.29) is 18.4 Å². The molecule has 1 amide bonds. The first-order valence-corrected chi connectivity index (χ1v) is 8.73. The van der Waals surface area contributed by atoms with E-state index in [4.69, 9.17) is 5.73 Å². The molecule has 0 aromatic carbocycles. The topological polar surface area (TPSA) is 70.9 Å². The minimum Gasteiger partial charge on any atom is -0.366 e. The molecule has 2 heterocycles. The molecule has 6 heteroatoms. The molecule has 124 valence electrons. The summed E-state index contributed by atoms with van der Waals surface area (Å²) in [6, 6.07) is 4.07. The average Bonchev–Trinajstić information content (AvgIpc) is 3.24. The number of H-pyrrole nitrogens is 1. The fourth-order valence-corrected chi connectivity index (χ4v) is 4.11. The second-order valence-electron chi connectivity index (χ2n) is 6.37. The van der Waals surface area contributed by atoms with Crippen molar-refractivity contribution in [2.24, 2.45) is 11.7 Å². The van der Waals surface area contributed by atoms with E-state index in [2.05, 4.69) is 10.3 Å². The third-order valence-corrected chi connectivity index (χ3v) is 5.60. The van der Waals surface area contributed by atoms with Crippen molar-refractivity contribution in [1.82, 2.24) is 10.3 Å². The normalized spacial score (nSPS) is 24.0. The number of hydrogen-bond acceptors (Lipinski definition) is 3. The lowest BCUT2D eigenvalue weighted by molar-refractivity contribution is 0.0945. The zero-order chi connectivity index (χ0) is 16.4. The van der Waals surface area contributed by atoms with E-state index in [0.717, 1.165) is 16.9 Å². The smallest absolute Gasteiger partial charge is 0.253 e. The van der Waals surface area contributed by atoms with Gasteiger partial charge >= 0.3 is 0 Å². The Morgan fingerprint density at radius 1 is 1.52 bits per heavy atom. The van der Waals surface area contributed by atoms with E-state index in [1.807, 2.05) is 25.3 Å². The van der Waals surface area contributed by atoms with Crippen molar-refractivity contribution in [3.05, 3.63) is 35.0 Å². The second-order valence-corrected chi connectivity index (χ2v) is 7.65. The third-order valence-electron chi connectivity index (χ3n) is 4.57. The van der Waals surface area contributed by atoms with Crippen LogP contribution in [0.3, 0.4) is 0 Å². The van der Waals surface area contributed by atoms with E-state index in [1.165, 1.54) is 4.88 Å². The van der Waals surface area contributed by atoms with Crippen molar-refractivity contribution >= 4 is 17.2 Å². The molecule has 0 spiro atoms. The molecule has 0 aliphatic heterocycles. The Kier molecular flexibility index (Phi) is 4.55. The van der Waals surface area contributed by atoms with Crippen LogP contribution in [-0.4, -0.2) is 29.6 Å². The van der Waals surface area contributed by atoms with Gasteiger partial charge in [0.2, 0.25) is 0 Å². The van der Waals surface area contributed by atoms with Gasteiger partial charge in [-0.15, -0.1) is 11.3 Å². The zero-order valence-corrected chi connectivity index (χ0v) is 14.0. The summed E-state index contributed by atoms with van der Waals surface area (Å²) in [7, 11) is 0. The molecule has 0 saturated heterocycles. The van der Waals surface area contributed by atoms with Crippen molar-refractivity contribution in [3.63, 3.8) is 0 Å². The Morgan fingerprint density at radius 3 is 3.00 bits per heavy atom. The molecule has 4 N–H and O–H groups in total. The van der Waals surface area contributed by atoms with Gasteiger partial charge in [-0.1, -0.05) is 0 Å². The Bertz CT molecular complexity index is 696. The molecule has 4 nitrogen and oxygen atoms in total. The van der Waals surface area contributed by atoms with Crippen LogP contribution in [0.2, 0.25) is 0 Å². The summed E-state index contributed by atoms with van der Waals surface area (Å²) in [6.07, 6.45) is 5.27. The molecule has 1 fully saturated rings. The molecule has 2 aromatic rings. The van der Waals surface area contributed by atoms with Crippen LogP contribution < -0.4 is 11.1 Å². The van der Waals surface area contributed by atoms with Gasteiger partial charge in [-0.2, -0.15) is 0 Å². The summed E-state index contributed by atoms with van der Waals surface area (Å²) in [6.45, 7) is 2.61. The molecule has 0 unspecified atom stereocenters. The number of aromatic nitrogens is 1. The highest BCUT2D eigenvalue weighted by molar-refractivity contribution is 7.15. The minimum absolute atomic E-state index is 0.0666. The highest BCUT2D eigenvalue weighted by Gasteiger charge is 2.38. The number of carbonyl (C=O) groups excluding carboxylic acids is 1. The number of nitrogens with one attached hydrogen (secondary N) is 2. The maximum atomic E-state index is 14.1. The molecule has 1 aliphatic rings. The van der Waals surface area contributed by atoms with Gasteiger partial charge in [-0.3, -0.25) is 4.79 Å². The Morgan fingerprint density at radius 2 is 2.35 bits per heavy atom. The molecule has 1 saturated carbocycles. The van der Waals surface area contributed by atoms with Gasteiger partial charge in [0.15, 0.2) is 0 Å². The Labute approximate surface area is 139 Å². The number of nitrogens with two attached hydrogens (primary N) is 1. The van der Waals surface area contributed by atoms with E-state index in [1.54, 1.807) is 17.5 Å². The molecule has 3 rings (SSSR count). The monoisotopic (exact) mass is 335 g/mol. The van der Waals surface area contributed by atoms with Crippen molar-refractivity contribution in [2.75, 3.05) is 13.1 Å². The average molecular weight is 335 g/mol. The first kappa shape index (κ1) is 16.2. The predicted molar refractivity (Wildman–Crippen MR) is 91.4 cm³/mol. The number of carbonyl (C=O) groups is 1. The van der Waals surface area contributed by atoms with Gasteiger partial charge in [0, 0.05) is 40.8 Å². The quantitative estimate of drug-likeness (QED) is 0.785. The largest absolute Gasteiger partial charge is 0.366 e. The SMILES string of the molecule is Cc1ccc(-c2c[nH]cc2C(=O)NC[C@@H]2CC[C@@](F)(CN)C2)s1. The fourth-order valence-electron chi connectivity index (χ4n) is 3.21. The summed E-state index contributed by atoms with van der Waals surface area (Å²) < 4.78 is 14.1. The van der Waals surface area contributed by atoms with Gasteiger partial charge in [-0.25, -0.2) is 4.39 Å². The number of rotatable bonds is 5. The summed E-state index contributed by atoms with van der Waals surface area (Å²) in [5.74, 6) is 0.0512. The lowest BCUT2D eigenvalue weighted by Gasteiger charge is -2.17. The molecule has 2 aromatic heterocycles. The minimum atomic E-state index is -1.25. The maximum Gasteiger partial charge on any atom is 0.253 e. The zero-order valence-electron chi connectivity index (χ0n) is 13.2. The summed E-state index contributed by atoms with van der Waals surface area (Å²) in [5, 5.41) is 2.94. The highest BCUT2D eigenvalue weighted by Crippen LogP contribution is 2.36. The van der Waals surface area contributed by atoms with Gasteiger partial charge in [0.1, 0.15) is 5.67 Å². The van der Waals surface area contributed by atoms with Crippen molar-refractivity contribution in [2.45, 2.75) is 31.9 Å². The van der Waals surface area contributed by atoms with Crippen LogP contribution in [0.1, 0.15) is 34.5 Å². The predicted octanol–water partition coefficient (Wildman–Crippen LogP) is 3.25. The summed E-state index contributed by atoms with van der Waals surface area (Å²) in [5.41, 5.74) is 5.78. The maximum absolute atomic E-state index is 14.1. The van der Waals surface area contributed by atoms with Crippen molar-refractivity contribution in [1.29, 1.82) is 0 Å². The lowest BCUT2D eigenvalue weighted by atomic mass is 10.0. The molecule has 0 radical (unpaired) electrons. The van der Waals surface area contributed by atoms with Crippen molar-refractivity contribution in [3.8, 4) is 10.4 Å². The van der Waals surface area contributed by atoms with E-state index in [9.17, 15) is 9.18 Å². The van der Waals surface area contributed by atoms with Crippen LogP contribution in [0.5, 0.6) is 0 Å². The second kappa shape index (κ2) is 6.45. The Hall–Kier alpha value is -1.66. The number of aryl methyl sites for hydroxylation is 1. The van der Waals surface area contributed by atoms with E-state index >= 15 is 0 Å². The molecule has 0 bridgehead atoms. The van der Waals surface area contributed by atoms with E-state index < -0.39 is 5.67 Å². The fraction of sp³-hybridized carbons (Fsp3) is 0.471. The lowest BCUT2D eigenvalue weighted by Crippen LogP contribution is -2.32. The van der Waals surface area contributed by atoms with Gasteiger partial charge in [0.25, 0.3) is 5.91 Å². The van der Waals surface area contributed by atoms with Crippen LogP contribution in [0.4, 0.5) is 4.39 Å². The van der Waals surface area contributed by atoms with Crippen LogP contribution in [0.25, 0.3) is 10.4 Å². The van der Waals surface area contributed by atoms with Crippen LogP contribution in [0.15, 0.2) is 24.5 Å². The standard InChI is InChI=1S/C17H22FN3OS/c1-11-2-3-15(23-11)13-8-20-9-14(13)16(22)21-7-12-4-5-17(18,6-12)10-19/h2-3,8-9,12,20H,4-7,10,19H2,1H3,(H,21,22)/t12-,17+/m1/s1. The first-order chi connectivity index (χ1) is 11.0. The molecular formula is C17H22FN3OS. The van der Waals surface area contributed by atoms with Crippen LogP contribution in [-0.2, 0) is 0 Å². The number of halogens is 1. The molecular weight excluding hydrogens is 313 g/mol. The first-order valence-electron chi connectivity index (χ1n) is 7.91. The number of thiophene rings is 1. The molecule has 23 heavy (non-hydrogen) atoms. The number of alkyl halides is 1. The van der Waals surface area contributed by atoms with Crippen LogP contribution >= 0.6 is 11.3 Å². The van der Waals surface area contributed by atoms with Gasteiger partial charge < -0.3 is 16.0 Å². The molecule has 1 aliphatic carbocycles. The number of amides is 1. The van der Waals surface area contributed by atoms with Gasteiger partial charge in [-0.05, 0) is 44.2 Å². The Balaban J connectivity index is 1.63.